The molecule has 0 aliphatic rings. The topological polar surface area (TPSA) is 72.9 Å². The third-order valence-corrected chi connectivity index (χ3v) is 2.66. The van der Waals surface area contributed by atoms with E-state index in [9.17, 15) is 13.6 Å². The number of nitrogens with one attached hydrogen (secondary N) is 1. The van der Waals surface area contributed by atoms with Gasteiger partial charge in [0.2, 0.25) is 5.91 Å². The normalized spacial score (nSPS) is 10.5. The van der Waals surface area contributed by atoms with Gasteiger partial charge < -0.3 is 11.1 Å². The van der Waals surface area contributed by atoms with E-state index in [1.165, 1.54) is 12.3 Å². The van der Waals surface area contributed by atoms with Gasteiger partial charge in [0.15, 0.2) is 11.6 Å². The molecule has 0 aliphatic heterocycles. The van der Waals surface area contributed by atoms with Crippen LogP contribution in [0.15, 0.2) is 30.6 Å². The fraction of sp³-hybridized carbons (Fsp3) is 0.231. The van der Waals surface area contributed by atoms with Crippen LogP contribution < -0.4 is 11.1 Å². The maximum Gasteiger partial charge on any atom is 0.224 e. The van der Waals surface area contributed by atoms with Gasteiger partial charge in [-0.3, -0.25) is 9.48 Å². The SMILES string of the molecule is Nc1cnn(CCNC(=O)Cc2ccc(F)c(F)c2)c1. The molecule has 20 heavy (non-hydrogen) atoms. The third kappa shape index (κ3) is 3.78. The van der Waals surface area contributed by atoms with Crippen molar-refractivity contribution >= 4 is 11.6 Å². The minimum absolute atomic E-state index is 0.00154. The Balaban J connectivity index is 1.79. The molecule has 0 spiro atoms. The van der Waals surface area contributed by atoms with Crippen molar-refractivity contribution in [2.45, 2.75) is 13.0 Å². The highest BCUT2D eigenvalue weighted by Gasteiger charge is 2.07. The van der Waals surface area contributed by atoms with Gasteiger partial charge in [-0.05, 0) is 17.7 Å². The van der Waals surface area contributed by atoms with Crippen LogP contribution in [-0.4, -0.2) is 22.2 Å². The van der Waals surface area contributed by atoms with E-state index in [0.29, 0.717) is 24.3 Å². The van der Waals surface area contributed by atoms with E-state index >= 15 is 0 Å². The van der Waals surface area contributed by atoms with Gasteiger partial charge in [0.1, 0.15) is 0 Å². The fourth-order valence-electron chi connectivity index (χ4n) is 1.71. The number of carbonyl (C=O) groups is 1. The molecule has 5 nitrogen and oxygen atoms in total. The Morgan fingerprint density at radius 1 is 1.35 bits per heavy atom. The summed E-state index contributed by atoms with van der Waals surface area (Å²) >= 11 is 0. The van der Waals surface area contributed by atoms with E-state index in [2.05, 4.69) is 10.4 Å². The number of aromatic nitrogens is 2. The predicted octanol–water partition coefficient (Wildman–Crippen LogP) is 1.10. The predicted molar refractivity (Wildman–Crippen MR) is 69.7 cm³/mol. The lowest BCUT2D eigenvalue weighted by atomic mass is 10.1. The van der Waals surface area contributed by atoms with Crippen molar-refractivity contribution < 1.29 is 13.6 Å². The van der Waals surface area contributed by atoms with Gasteiger partial charge in [0.05, 0.1) is 24.8 Å². The van der Waals surface area contributed by atoms with Gasteiger partial charge in [-0.25, -0.2) is 8.78 Å². The molecule has 0 fully saturated rings. The first-order chi connectivity index (χ1) is 9.54. The van der Waals surface area contributed by atoms with E-state index in [4.69, 9.17) is 5.73 Å². The Morgan fingerprint density at radius 2 is 2.15 bits per heavy atom. The van der Waals surface area contributed by atoms with Crippen LogP contribution in [0.25, 0.3) is 0 Å². The summed E-state index contributed by atoms with van der Waals surface area (Å²) in [4.78, 5) is 11.6. The van der Waals surface area contributed by atoms with Crippen molar-refractivity contribution in [3.8, 4) is 0 Å². The van der Waals surface area contributed by atoms with Crippen molar-refractivity contribution in [1.29, 1.82) is 0 Å². The smallest absolute Gasteiger partial charge is 0.224 e. The second-order valence-electron chi connectivity index (χ2n) is 4.31. The summed E-state index contributed by atoms with van der Waals surface area (Å²) in [5, 5.41) is 6.63. The zero-order valence-corrected chi connectivity index (χ0v) is 10.6. The highest BCUT2D eigenvalue weighted by molar-refractivity contribution is 5.78. The zero-order chi connectivity index (χ0) is 14.5. The van der Waals surface area contributed by atoms with Gasteiger partial charge in [-0.15, -0.1) is 0 Å². The van der Waals surface area contributed by atoms with Crippen LogP contribution in [0.5, 0.6) is 0 Å². The maximum absolute atomic E-state index is 13.0. The average molecular weight is 280 g/mol. The van der Waals surface area contributed by atoms with Gasteiger partial charge in [-0.1, -0.05) is 6.07 Å². The van der Waals surface area contributed by atoms with Gasteiger partial charge >= 0.3 is 0 Å². The second-order valence-corrected chi connectivity index (χ2v) is 4.31. The number of hydrogen-bond donors (Lipinski definition) is 2. The molecule has 2 aromatic rings. The van der Waals surface area contributed by atoms with Crippen molar-refractivity contribution in [2.24, 2.45) is 0 Å². The number of amides is 1. The van der Waals surface area contributed by atoms with E-state index in [1.807, 2.05) is 0 Å². The lowest BCUT2D eigenvalue weighted by Crippen LogP contribution is -2.28. The van der Waals surface area contributed by atoms with Crippen LogP contribution in [-0.2, 0) is 17.8 Å². The summed E-state index contributed by atoms with van der Waals surface area (Å²) < 4.78 is 27.3. The number of hydrogen-bond acceptors (Lipinski definition) is 3. The molecule has 0 atom stereocenters. The summed E-state index contributed by atoms with van der Waals surface area (Å²) in [5.74, 6) is -2.15. The quantitative estimate of drug-likeness (QED) is 0.861. The van der Waals surface area contributed by atoms with E-state index in [0.717, 1.165) is 12.1 Å². The molecule has 1 amide bonds. The molecule has 1 aromatic heterocycles. The second kappa shape index (κ2) is 6.14. The summed E-state index contributed by atoms with van der Waals surface area (Å²) in [6.45, 7) is 0.865. The van der Waals surface area contributed by atoms with Crippen LogP contribution in [0.1, 0.15) is 5.56 Å². The van der Waals surface area contributed by atoms with E-state index in [1.54, 1.807) is 10.9 Å². The molecule has 3 N–H and O–H groups in total. The molecule has 1 aromatic carbocycles. The molecule has 0 saturated carbocycles. The molecular formula is C13H14F2N4O. The van der Waals surface area contributed by atoms with Crippen LogP contribution in [0.2, 0.25) is 0 Å². The van der Waals surface area contributed by atoms with Crippen LogP contribution in [0.4, 0.5) is 14.5 Å². The molecule has 0 aliphatic carbocycles. The molecule has 0 saturated heterocycles. The van der Waals surface area contributed by atoms with Gasteiger partial charge in [0, 0.05) is 12.7 Å². The monoisotopic (exact) mass is 280 g/mol. The van der Waals surface area contributed by atoms with Gasteiger partial charge in [-0.2, -0.15) is 5.10 Å². The van der Waals surface area contributed by atoms with Crippen molar-refractivity contribution in [3.63, 3.8) is 0 Å². The van der Waals surface area contributed by atoms with Gasteiger partial charge in [0.25, 0.3) is 0 Å². The molecule has 7 heteroatoms. The first-order valence-electron chi connectivity index (χ1n) is 6.03. The van der Waals surface area contributed by atoms with Crippen molar-refractivity contribution in [1.82, 2.24) is 15.1 Å². The Hall–Kier alpha value is -2.44. The summed E-state index contributed by atoms with van der Waals surface area (Å²) in [6, 6.07) is 3.40. The van der Waals surface area contributed by atoms with Crippen LogP contribution >= 0.6 is 0 Å². The van der Waals surface area contributed by atoms with Crippen molar-refractivity contribution in [3.05, 3.63) is 47.8 Å². The lowest BCUT2D eigenvalue weighted by Gasteiger charge is -2.06. The van der Waals surface area contributed by atoms with Crippen molar-refractivity contribution in [2.75, 3.05) is 12.3 Å². The first kappa shape index (κ1) is 14.0. The Labute approximate surface area is 114 Å². The molecule has 1 heterocycles. The summed E-state index contributed by atoms with van der Waals surface area (Å²) in [5.41, 5.74) is 6.48. The Bertz CT molecular complexity index is 612. The number of rotatable bonds is 5. The van der Waals surface area contributed by atoms with Crippen LogP contribution in [0.3, 0.4) is 0 Å². The maximum atomic E-state index is 13.0. The third-order valence-electron chi connectivity index (χ3n) is 2.66. The van der Waals surface area contributed by atoms with Crippen LogP contribution in [0, 0.1) is 11.6 Å². The summed E-state index contributed by atoms with van der Waals surface area (Å²) in [7, 11) is 0. The number of benzene rings is 1. The number of nitrogen functional groups attached to an aromatic ring is 1. The molecule has 2 rings (SSSR count). The zero-order valence-electron chi connectivity index (χ0n) is 10.6. The lowest BCUT2D eigenvalue weighted by molar-refractivity contribution is -0.120. The molecule has 0 radical (unpaired) electrons. The molecule has 0 unspecified atom stereocenters. The largest absolute Gasteiger partial charge is 0.396 e. The number of anilines is 1. The van der Waals surface area contributed by atoms with E-state index < -0.39 is 11.6 Å². The van der Waals surface area contributed by atoms with E-state index in [-0.39, 0.29) is 12.3 Å². The molecule has 0 bridgehead atoms. The highest BCUT2D eigenvalue weighted by atomic mass is 19.2. The molecule has 106 valence electrons. The Kier molecular flexibility index (Phi) is 4.29. The number of halogens is 2. The molecular weight excluding hydrogens is 266 g/mol. The minimum Gasteiger partial charge on any atom is -0.396 e. The number of carbonyl (C=O) groups excluding carboxylic acids is 1. The summed E-state index contributed by atoms with van der Waals surface area (Å²) in [6.07, 6.45) is 3.17. The fourth-order valence-corrected chi connectivity index (χ4v) is 1.71. The highest BCUT2D eigenvalue weighted by Crippen LogP contribution is 2.09. The standard InChI is InChI=1S/C13H14F2N4O/c14-11-2-1-9(5-12(11)15)6-13(20)17-3-4-19-8-10(16)7-18-19/h1-2,5,7-8H,3-4,6,16H2,(H,17,20). The average Bonchev–Trinajstić information content (AvgIpc) is 2.80. The Morgan fingerprint density at radius 3 is 2.80 bits per heavy atom. The number of nitrogens with two attached hydrogens (primary N) is 1. The first-order valence-corrected chi connectivity index (χ1v) is 6.03. The minimum atomic E-state index is -0.956. The number of nitrogens with zero attached hydrogens (tertiary/aromatic N) is 2.